The number of hydrogen-bond donors (Lipinski definition) is 1. The summed E-state index contributed by atoms with van der Waals surface area (Å²) in [5.41, 5.74) is 6.10. The summed E-state index contributed by atoms with van der Waals surface area (Å²) in [5.74, 6) is 1.04. The highest BCUT2D eigenvalue weighted by atomic mass is 16.7. The minimum absolute atomic E-state index is 0.0328. The van der Waals surface area contributed by atoms with Crippen molar-refractivity contribution >= 4 is 5.96 Å². The van der Waals surface area contributed by atoms with Crippen molar-refractivity contribution in [3.05, 3.63) is 0 Å². The largest absolute Gasteiger partial charge is 0.375 e. The van der Waals surface area contributed by atoms with Crippen molar-refractivity contribution in [2.45, 2.75) is 57.5 Å². The normalized spacial score (nSPS) is 40.4. The summed E-state index contributed by atoms with van der Waals surface area (Å²) in [6.45, 7) is 7.89. The van der Waals surface area contributed by atoms with E-state index in [-0.39, 0.29) is 18.0 Å². The van der Waals surface area contributed by atoms with E-state index >= 15 is 0 Å². The summed E-state index contributed by atoms with van der Waals surface area (Å²) < 4.78 is 17.7. The molecule has 2 N–H and O–H groups in total. The van der Waals surface area contributed by atoms with Gasteiger partial charge in [0.05, 0.1) is 25.9 Å². The van der Waals surface area contributed by atoms with Gasteiger partial charge in [-0.1, -0.05) is 6.92 Å². The van der Waals surface area contributed by atoms with Crippen molar-refractivity contribution in [1.29, 1.82) is 0 Å². The monoisotopic (exact) mass is 311 g/mol. The van der Waals surface area contributed by atoms with E-state index in [4.69, 9.17) is 19.9 Å². The Morgan fingerprint density at radius 1 is 1.32 bits per heavy atom. The Kier molecular flexibility index (Phi) is 4.90. The maximum Gasteiger partial charge on any atom is 0.191 e. The fourth-order valence-corrected chi connectivity index (χ4v) is 3.49. The molecular weight excluding hydrogens is 282 g/mol. The summed E-state index contributed by atoms with van der Waals surface area (Å²) in [6, 6.07) is 0. The Hall–Kier alpha value is -0.850. The lowest BCUT2D eigenvalue weighted by Gasteiger charge is -2.34. The number of ether oxygens (including phenoxy) is 3. The van der Waals surface area contributed by atoms with Crippen LogP contribution in [0.4, 0.5) is 0 Å². The van der Waals surface area contributed by atoms with Gasteiger partial charge in [0.25, 0.3) is 0 Å². The van der Waals surface area contributed by atoms with E-state index in [2.05, 4.69) is 23.7 Å². The molecule has 3 rings (SSSR count). The van der Waals surface area contributed by atoms with Crippen LogP contribution >= 0.6 is 0 Å². The molecule has 1 spiro atoms. The molecule has 0 aromatic carbocycles. The van der Waals surface area contributed by atoms with Gasteiger partial charge in [-0.3, -0.25) is 4.99 Å². The second-order valence-electron chi connectivity index (χ2n) is 6.97. The molecule has 0 bridgehead atoms. The lowest BCUT2D eigenvalue weighted by Crippen LogP contribution is -2.48. The Labute approximate surface area is 133 Å². The van der Waals surface area contributed by atoms with Crippen LogP contribution in [0.1, 0.15) is 39.5 Å². The SMILES string of the molecule is CC1CCC2(CC1)OCC(CN=C(N)N1CCOC(C)C1)O2. The third kappa shape index (κ3) is 3.73. The molecule has 3 aliphatic rings. The van der Waals surface area contributed by atoms with Gasteiger partial charge >= 0.3 is 0 Å². The highest BCUT2D eigenvalue weighted by molar-refractivity contribution is 5.78. The van der Waals surface area contributed by atoms with Crippen LogP contribution in [-0.2, 0) is 14.2 Å². The third-order valence-corrected chi connectivity index (χ3v) is 4.97. The van der Waals surface area contributed by atoms with Crippen LogP contribution < -0.4 is 5.73 Å². The van der Waals surface area contributed by atoms with Crippen molar-refractivity contribution < 1.29 is 14.2 Å². The first-order valence-electron chi connectivity index (χ1n) is 8.54. The highest BCUT2D eigenvalue weighted by Crippen LogP contribution is 2.39. The smallest absolute Gasteiger partial charge is 0.191 e. The van der Waals surface area contributed by atoms with Gasteiger partial charge in [0.1, 0.15) is 6.10 Å². The Balaban J connectivity index is 1.48. The van der Waals surface area contributed by atoms with Gasteiger partial charge in [0, 0.05) is 25.9 Å². The van der Waals surface area contributed by atoms with E-state index in [9.17, 15) is 0 Å². The Morgan fingerprint density at radius 3 is 2.82 bits per heavy atom. The van der Waals surface area contributed by atoms with Gasteiger partial charge in [-0.05, 0) is 25.7 Å². The van der Waals surface area contributed by atoms with Gasteiger partial charge in [0.2, 0.25) is 0 Å². The van der Waals surface area contributed by atoms with Crippen molar-refractivity contribution in [2.75, 3.05) is 32.8 Å². The number of aliphatic imine (C=N–C) groups is 1. The van der Waals surface area contributed by atoms with Crippen LogP contribution in [0, 0.1) is 5.92 Å². The summed E-state index contributed by atoms with van der Waals surface area (Å²) >= 11 is 0. The number of hydrogen-bond acceptors (Lipinski definition) is 4. The molecule has 126 valence electrons. The second-order valence-corrected chi connectivity index (χ2v) is 6.97. The lowest BCUT2D eigenvalue weighted by molar-refractivity contribution is -0.190. The molecule has 0 amide bonds. The molecule has 6 heteroatoms. The van der Waals surface area contributed by atoms with E-state index < -0.39 is 0 Å². The minimum atomic E-state index is -0.338. The first kappa shape index (κ1) is 16.0. The molecular formula is C16H29N3O3. The molecule has 2 heterocycles. The number of nitrogens with zero attached hydrogens (tertiary/aromatic N) is 2. The lowest BCUT2D eigenvalue weighted by atomic mass is 9.86. The van der Waals surface area contributed by atoms with Gasteiger partial charge < -0.3 is 24.8 Å². The van der Waals surface area contributed by atoms with E-state index in [1.165, 1.54) is 12.8 Å². The van der Waals surface area contributed by atoms with Gasteiger partial charge in [-0.15, -0.1) is 0 Å². The number of rotatable bonds is 2. The van der Waals surface area contributed by atoms with Gasteiger partial charge in [-0.2, -0.15) is 0 Å². The fourth-order valence-electron chi connectivity index (χ4n) is 3.49. The summed E-state index contributed by atoms with van der Waals surface area (Å²) in [5, 5.41) is 0. The zero-order valence-corrected chi connectivity index (χ0v) is 13.8. The molecule has 3 fully saturated rings. The van der Waals surface area contributed by atoms with Crippen LogP contribution in [0.2, 0.25) is 0 Å². The van der Waals surface area contributed by atoms with E-state index in [0.717, 1.165) is 31.8 Å². The molecule has 2 saturated heterocycles. The molecule has 0 aromatic heterocycles. The highest BCUT2D eigenvalue weighted by Gasteiger charge is 2.43. The van der Waals surface area contributed by atoms with Gasteiger partial charge in [-0.25, -0.2) is 0 Å². The van der Waals surface area contributed by atoms with Crippen LogP contribution in [0.25, 0.3) is 0 Å². The molecule has 22 heavy (non-hydrogen) atoms. The summed E-state index contributed by atoms with van der Waals surface area (Å²) in [4.78, 5) is 6.60. The first-order valence-corrected chi connectivity index (χ1v) is 8.54. The first-order chi connectivity index (χ1) is 10.6. The molecule has 0 radical (unpaired) electrons. The van der Waals surface area contributed by atoms with Crippen LogP contribution in [0.3, 0.4) is 0 Å². The topological polar surface area (TPSA) is 69.3 Å². The van der Waals surface area contributed by atoms with Crippen molar-refractivity contribution in [3.8, 4) is 0 Å². The second kappa shape index (κ2) is 6.72. The maximum atomic E-state index is 6.17. The predicted octanol–water partition coefficient (Wildman–Crippen LogP) is 1.34. The minimum Gasteiger partial charge on any atom is -0.375 e. The van der Waals surface area contributed by atoms with Crippen molar-refractivity contribution in [2.24, 2.45) is 16.6 Å². The maximum absolute atomic E-state index is 6.17. The van der Waals surface area contributed by atoms with Crippen LogP contribution in [-0.4, -0.2) is 61.7 Å². The Morgan fingerprint density at radius 2 is 2.09 bits per heavy atom. The predicted molar refractivity (Wildman–Crippen MR) is 84.7 cm³/mol. The summed E-state index contributed by atoms with van der Waals surface area (Å²) in [6.07, 6.45) is 4.62. The van der Waals surface area contributed by atoms with Gasteiger partial charge in [0.15, 0.2) is 11.7 Å². The zero-order valence-electron chi connectivity index (χ0n) is 13.8. The standard InChI is InChI=1S/C16H29N3O3/c1-12-3-5-16(6-4-12)21-11-14(22-16)9-18-15(17)19-7-8-20-13(2)10-19/h12-14H,3-11H2,1-2H3,(H2,17,18). The molecule has 0 aromatic rings. The molecule has 6 nitrogen and oxygen atoms in total. The average molecular weight is 311 g/mol. The van der Waals surface area contributed by atoms with Crippen LogP contribution in [0.15, 0.2) is 4.99 Å². The van der Waals surface area contributed by atoms with E-state index in [0.29, 0.717) is 25.7 Å². The molecule has 1 saturated carbocycles. The van der Waals surface area contributed by atoms with Crippen LogP contribution in [0.5, 0.6) is 0 Å². The van der Waals surface area contributed by atoms with E-state index in [1.807, 2.05) is 0 Å². The molecule has 1 aliphatic carbocycles. The summed E-state index contributed by atoms with van der Waals surface area (Å²) in [7, 11) is 0. The van der Waals surface area contributed by atoms with Crippen molar-refractivity contribution in [3.63, 3.8) is 0 Å². The number of nitrogens with two attached hydrogens (primary N) is 1. The molecule has 2 aliphatic heterocycles. The fraction of sp³-hybridized carbons (Fsp3) is 0.938. The Bertz CT molecular complexity index is 407. The molecule has 2 atom stereocenters. The number of guanidine groups is 1. The number of morpholine rings is 1. The molecule has 2 unspecified atom stereocenters. The zero-order chi connectivity index (χ0) is 15.6. The average Bonchev–Trinajstić information content (AvgIpc) is 2.91. The third-order valence-electron chi connectivity index (χ3n) is 4.97. The van der Waals surface area contributed by atoms with Crippen molar-refractivity contribution in [1.82, 2.24) is 4.90 Å². The quantitative estimate of drug-likeness (QED) is 0.616. The van der Waals surface area contributed by atoms with E-state index in [1.54, 1.807) is 0 Å².